The summed E-state index contributed by atoms with van der Waals surface area (Å²) in [4.78, 5) is 0. The molecule has 5 nitrogen and oxygen atoms in total. The molecule has 0 radical (unpaired) electrons. The summed E-state index contributed by atoms with van der Waals surface area (Å²) in [5.74, 6) is 0.103. The molecule has 2 rings (SSSR count). The lowest BCUT2D eigenvalue weighted by Crippen LogP contribution is -2.05. The molecule has 15 heavy (non-hydrogen) atoms. The highest BCUT2D eigenvalue weighted by Gasteiger charge is 2.11. The molecule has 2 aromatic rings. The average Bonchev–Trinajstić information content (AvgIpc) is 2.48. The Morgan fingerprint density at radius 3 is 2.40 bits per heavy atom. The van der Waals surface area contributed by atoms with Crippen molar-refractivity contribution >= 4 is 11.6 Å². The number of hydrogen-bond donors (Lipinski definition) is 3. The van der Waals surface area contributed by atoms with E-state index in [4.69, 9.17) is 11.5 Å². The number of aromatic hydroxyl groups is 1. The van der Waals surface area contributed by atoms with Crippen LogP contribution in [-0.2, 0) is 6.54 Å². The van der Waals surface area contributed by atoms with Gasteiger partial charge in [0.1, 0.15) is 0 Å². The van der Waals surface area contributed by atoms with Gasteiger partial charge in [0.15, 0.2) is 11.6 Å². The highest BCUT2D eigenvalue weighted by atomic mass is 16.3. The van der Waals surface area contributed by atoms with E-state index in [0.29, 0.717) is 6.54 Å². The number of benzene rings is 1. The van der Waals surface area contributed by atoms with E-state index in [1.807, 2.05) is 30.3 Å². The van der Waals surface area contributed by atoms with E-state index in [0.717, 1.165) is 5.56 Å². The topological polar surface area (TPSA) is 90.1 Å². The maximum absolute atomic E-state index is 9.37. The average molecular weight is 204 g/mol. The number of rotatable bonds is 2. The first kappa shape index (κ1) is 9.39. The van der Waals surface area contributed by atoms with E-state index in [1.54, 1.807) is 0 Å². The molecule has 0 amide bonds. The Hall–Kier alpha value is -2.17. The summed E-state index contributed by atoms with van der Waals surface area (Å²) >= 11 is 0. The number of nitrogen functional groups attached to an aromatic ring is 2. The number of anilines is 2. The van der Waals surface area contributed by atoms with Crippen LogP contribution < -0.4 is 11.5 Å². The molecule has 0 aliphatic carbocycles. The highest BCUT2D eigenvalue weighted by molar-refractivity contribution is 5.59. The van der Waals surface area contributed by atoms with E-state index in [1.165, 1.54) is 4.68 Å². The van der Waals surface area contributed by atoms with Crippen molar-refractivity contribution < 1.29 is 5.11 Å². The van der Waals surface area contributed by atoms with Gasteiger partial charge >= 0.3 is 0 Å². The van der Waals surface area contributed by atoms with Gasteiger partial charge in [0.25, 0.3) is 0 Å². The van der Waals surface area contributed by atoms with Crippen LogP contribution in [0.3, 0.4) is 0 Å². The summed E-state index contributed by atoms with van der Waals surface area (Å²) in [6, 6.07) is 9.70. The van der Waals surface area contributed by atoms with Gasteiger partial charge in [0.2, 0.25) is 5.75 Å². The maximum Gasteiger partial charge on any atom is 0.202 e. The molecule has 1 heterocycles. The molecule has 0 unspecified atom stereocenters. The van der Waals surface area contributed by atoms with Gasteiger partial charge < -0.3 is 16.6 Å². The molecule has 0 atom stereocenters. The van der Waals surface area contributed by atoms with Crippen molar-refractivity contribution in [2.45, 2.75) is 6.54 Å². The standard InChI is InChI=1S/C10H12N4O/c11-9-8(15)10(12)14(13-9)6-7-4-2-1-3-5-7/h1-5,15H,6,12H2,(H2,11,13). The second-order valence-electron chi connectivity index (χ2n) is 3.26. The maximum atomic E-state index is 9.37. The third-order valence-electron chi connectivity index (χ3n) is 2.17. The van der Waals surface area contributed by atoms with Gasteiger partial charge in [0, 0.05) is 0 Å². The summed E-state index contributed by atoms with van der Waals surface area (Å²) in [5, 5.41) is 13.3. The number of nitrogens with two attached hydrogens (primary N) is 2. The quantitative estimate of drug-likeness (QED) is 0.675. The molecule has 5 N–H and O–H groups in total. The van der Waals surface area contributed by atoms with Crippen LogP contribution in [0.4, 0.5) is 11.6 Å². The SMILES string of the molecule is Nc1nn(Cc2ccccc2)c(N)c1O. The zero-order chi connectivity index (χ0) is 10.8. The Morgan fingerprint density at radius 2 is 1.87 bits per heavy atom. The fourth-order valence-electron chi connectivity index (χ4n) is 1.36. The first-order chi connectivity index (χ1) is 7.18. The lowest BCUT2D eigenvalue weighted by Gasteiger charge is -2.03. The summed E-state index contributed by atoms with van der Waals surface area (Å²) in [5.41, 5.74) is 12.1. The number of hydrogen-bond acceptors (Lipinski definition) is 4. The summed E-state index contributed by atoms with van der Waals surface area (Å²) < 4.78 is 1.47. The Kier molecular flexibility index (Phi) is 2.21. The molecule has 0 fully saturated rings. The van der Waals surface area contributed by atoms with Crippen molar-refractivity contribution in [1.82, 2.24) is 9.78 Å². The van der Waals surface area contributed by atoms with Crippen molar-refractivity contribution in [1.29, 1.82) is 0 Å². The fourth-order valence-corrected chi connectivity index (χ4v) is 1.36. The molecule has 0 aliphatic heterocycles. The Bertz CT molecular complexity index is 464. The second-order valence-corrected chi connectivity index (χ2v) is 3.26. The molecular formula is C10H12N4O. The van der Waals surface area contributed by atoms with Crippen LogP contribution in [0.25, 0.3) is 0 Å². The minimum atomic E-state index is -0.147. The van der Waals surface area contributed by atoms with Crippen molar-refractivity contribution in [2.75, 3.05) is 11.5 Å². The van der Waals surface area contributed by atoms with Crippen molar-refractivity contribution in [3.63, 3.8) is 0 Å². The van der Waals surface area contributed by atoms with Crippen LogP contribution in [0.1, 0.15) is 5.56 Å². The van der Waals surface area contributed by atoms with Crippen LogP contribution >= 0.6 is 0 Å². The third kappa shape index (κ3) is 1.71. The van der Waals surface area contributed by atoms with E-state index in [2.05, 4.69) is 5.10 Å². The third-order valence-corrected chi connectivity index (χ3v) is 2.17. The Labute approximate surface area is 86.9 Å². The predicted molar refractivity (Wildman–Crippen MR) is 58.3 cm³/mol. The van der Waals surface area contributed by atoms with Gasteiger partial charge in [-0.1, -0.05) is 30.3 Å². The molecule has 0 aliphatic rings. The van der Waals surface area contributed by atoms with Crippen molar-refractivity contribution in [3.8, 4) is 5.75 Å². The van der Waals surface area contributed by atoms with Crippen LogP contribution in [0.15, 0.2) is 30.3 Å². The van der Waals surface area contributed by atoms with Crippen LogP contribution in [0.5, 0.6) is 5.75 Å². The minimum absolute atomic E-state index is 0.0587. The van der Waals surface area contributed by atoms with Crippen molar-refractivity contribution in [3.05, 3.63) is 35.9 Å². The normalized spacial score (nSPS) is 10.4. The predicted octanol–water partition coefficient (Wildman–Crippen LogP) is 0.801. The zero-order valence-electron chi connectivity index (χ0n) is 8.09. The van der Waals surface area contributed by atoms with Crippen molar-refractivity contribution in [2.24, 2.45) is 0 Å². The molecule has 0 spiro atoms. The van der Waals surface area contributed by atoms with Gasteiger partial charge in [-0.3, -0.25) is 0 Å². The van der Waals surface area contributed by atoms with E-state index in [9.17, 15) is 5.11 Å². The number of nitrogens with zero attached hydrogens (tertiary/aromatic N) is 2. The molecule has 5 heteroatoms. The first-order valence-electron chi connectivity index (χ1n) is 4.53. The van der Waals surface area contributed by atoms with Gasteiger partial charge in [-0.25, -0.2) is 4.68 Å². The largest absolute Gasteiger partial charge is 0.502 e. The summed E-state index contributed by atoms with van der Waals surface area (Å²) in [6.45, 7) is 0.497. The van der Waals surface area contributed by atoms with Crippen LogP contribution in [0, 0.1) is 0 Å². The van der Waals surface area contributed by atoms with Gasteiger partial charge in [0.05, 0.1) is 6.54 Å². The molecule has 1 aromatic carbocycles. The first-order valence-corrected chi connectivity index (χ1v) is 4.53. The molecule has 0 saturated heterocycles. The smallest absolute Gasteiger partial charge is 0.202 e. The summed E-state index contributed by atoms with van der Waals surface area (Å²) in [6.07, 6.45) is 0. The summed E-state index contributed by atoms with van der Waals surface area (Å²) in [7, 11) is 0. The lowest BCUT2D eigenvalue weighted by molar-refractivity contribution is 0.479. The van der Waals surface area contributed by atoms with E-state index >= 15 is 0 Å². The molecule has 0 bridgehead atoms. The molecular weight excluding hydrogens is 192 g/mol. The second kappa shape index (κ2) is 3.53. The van der Waals surface area contributed by atoms with Gasteiger partial charge in [-0.15, -0.1) is 5.10 Å². The van der Waals surface area contributed by atoms with E-state index in [-0.39, 0.29) is 17.4 Å². The lowest BCUT2D eigenvalue weighted by atomic mass is 10.2. The monoisotopic (exact) mass is 204 g/mol. The van der Waals surface area contributed by atoms with E-state index < -0.39 is 0 Å². The van der Waals surface area contributed by atoms with Gasteiger partial charge in [-0.2, -0.15) is 0 Å². The molecule has 1 aromatic heterocycles. The molecule has 0 saturated carbocycles. The Morgan fingerprint density at radius 1 is 1.20 bits per heavy atom. The van der Waals surface area contributed by atoms with Crippen LogP contribution in [-0.4, -0.2) is 14.9 Å². The van der Waals surface area contributed by atoms with Crippen LogP contribution in [0.2, 0.25) is 0 Å². The number of aromatic nitrogens is 2. The highest BCUT2D eigenvalue weighted by Crippen LogP contribution is 2.26. The minimum Gasteiger partial charge on any atom is -0.502 e. The van der Waals surface area contributed by atoms with Gasteiger partial charge in [-0.05, 0) is 5.56 Å². The Balaban J connectivity index is 2.29. The zero-order valence-corrected chi connectivity index (χ0v) is 8.09. The fraction of sp³-hybridized carbons (Fsp3) is 0.100. The molecule has 78 valence electrons.